The fraction of sp³-hybridized carbons (Fsp3) is 0.194. The lowest BCUT2D eigenvalue weighted by atomic mass is 9.75. The van der Waals surface area contributed by atoms with E-state index in [0.29, 0.717) is 5.39 Å². The molecule has 4 nitrogen and oxygen atoms in total. The molecule has 1 aliphatic heterocycles. The Kier molecular flexibility index (Phi) is 4.50. The molecule has 1 unspecified atom stereocenters. The molecule has 35 heavy (non-hydrogen) atoms. The van der Waals surface area contributed by atoms with Crippen LogP contribution in [0, 0.1) is 0 Å². The van der Waals surface area contributed by atoms with Crippen LogP contribution in [-0.2, 0) is 6.42 Å². The summed E-state index contributed by atoms with van der Waals surface area (Å²) < 4.78 is 0. The van der Waals surface area contributed by atoms with Gasteiger partial charge in [-0.3, -0.25) is 4.99 Å². The van der Waals surface area contributed by atoms with Gasteiger partial charge in [-0.2, -0.15) is 0 Å². The minimum Gasteiger partial charge on any atom is -0.504 e. The molecule has 5 aromatic carbocycles. The quantitative estimate of drug-likeness (QED) is 0.224. The van der Waals surface area contributed by atoms with E-state index in [1.54, 1.807) is 0 Å². The van der Waals surface area contributed by atoms with Crippen molar-refractivity contribution in [3.63, 3.8) is 0 Å². The summed E-state index contributed by atoms with van der Waals surface area (Å²) in [4.78, 5) is 6.81. The van der Waals surface area contributed by atoms with E-state index in [9.17, 15) is 10.2 Å². The molecule has 2 aliphatic rings. The van der Waals surface area contributed by atoms with Gasteiger partial charge in [0.15, 0.2) is 11.5 Å². The number of phenols is 2. The second kappa shape index (κ2) is 7.74. The zero-order valence-corrected chi connectivity index (χ0v) is 19.4. The van der Waals surface area contributed by atoms with Crippen LogP contribution in [0.15, 0.2) is 77.8 Å². The summed E-state index contributed by atoms with van der Waals surface area (Å²) in [6, 6.07) is 25.2. The van der Waals surface area contributed by atoms with E-state index in [2.05, 4.69) is 58.4 Å². The number of aliphatic imine (C=N–C) groups is 1. The van der Waals surface area contributed by atoms with Crippen molar-refractivity contribution >= 4 is 44.3 Å². The maximum absolute atomic E-state index is 11.2. The van der Waals surface area contributed by atoms with E-state index in [4.69, 9.17) is 0 Å². The Bertz CT molecular complexity index is 1670. The second-order valence-electron chi connectivity index (χ2n) is 9.68. The van der Waals surface area contributed by atoms with Crippen LogP contribution in [0.1, 0.15) is 35.4 Å². The lowest BCUT2D eigenvalue weighted by Crippen LogP contribution is -2.22. The first-order valence-corrected chi connectivity index (χ1v) is 12.4. The molecule has 0 radical (unpaired) electrons. The summed E-state index contributed by atoms with van der Waals surface area (Å²) >= 11 is 0. The van der Waals surface area contributed by atoms with Crippen LogP contribution < -0.4 is 4.90 Å². The van der Waals surface area contributed by atoms with Gasteiger partial charge in [0.25, 0.3) is 0 Å². The van der Waals surface area contributed by atoms with Crippen LogP contribution in [0.4, 0.5) is 5.69 Å². The second-order valence-corrected chi connectivity index (χ2v) is 9.68. The molecule has 0 saturated carbocycles. The number of hydrogen-bond donors (Lipinski definition) is 2. The molecule has 2 N–H and O–H groups in total. The van der Waals surface area contributed by atoms with Gasteiger partial charge in [0.05, 0.1) is 18.6 Å². The Labute approximate surface area is 203 Å². The third kappa shape index (κ3) is 2.96. The minimum absolute atomic E-state index is 0.00149. The number of aromatic hydroxyl groups is 2. The molecule has 1 atom stereocenters. The summed E-state index contributed by atoms with van der Waals surface area (Å²) in [7, 11) is 0. The van der Waals surface area contributed by atoms with Gasteiger partial charge in [-0.1, -0.05) is 72.8 Å². The molecular weight excluding hydrogens is 432 g/mol. The molecule has 5 aromatic rings. The largest absolute Gasteiger partial charge is 0.504 e. The molecule has 7 rings (SSSR count). The van der Waals surface area contributed by atoms with Crippen molar-refractivity contribution in [1.29, 1.82) is 0 Å². The minimum atomic E-state index is -0.0247. The number of fused-ring (bicyclic) bond motifs is 6. The highest BCUT2D eigenvalue weighted by Crippen LogP contribution is 2.49. The van der Waals surface area contributed by atoms with Crippen LogP contribution in [0.25, 0.3) is 32.3 Å². The van der Waals surface area contributed by atoms with Crippen molar-refractivity contribution in [2.24, 2.45) is 4.99 Å². The van der Waals surface area contributed by atoms with Gasteiger partial charge in [0.1, 0.15) is 0 Å². The Morgan fingerprint density at radius 1 is 0.743 bits per heavy atom. The van der Waals surface area contributed by atoms with E-state index in [1.165, 1.54) is 27.6 Å². The zero-order chi connectivity index (χ0) is 23.5. The summed E-state index contributed by atoms with van der Waals surface area (Å²) in [5.74, 6) is 0.190. The molecule has 0 amide bonds. The normalized spacial score (nSPS) is 17.5. The Hall–Kier alpha value is -4.05. The van der Waals surface area contributed by atoms with E-state index >= 15 is 0 Å². The van der Waals surface area contributed by atoms with Gasteiger partial charge in [0, 0.05) is 28.6 Å². The van der Waals surface area contributed by atoms with Crippen molar-refractivity contribution in [1.82, 2.24) is 0 Å². The van der Waals surface area contributed by atoms with Crippen LogP contribution in [0.5, 0.6) is 11.5 Å². The van der Waals surface area contributed by atoms with E-state index in [0.717, 1.165) is 54.1 Å². The van der Waals surface area contributed by atoms with Gasteiger partial charge in [-0.25, -0.2) is 0 Å². The van der Waals surface area contributed by atoms with Crippen LogP contribution in [-0.4, -0.2) is 29.6 Å². The SMILES string of the molecule is Oc1c(O)c2c3c(ccc2c2ccccc12)C(c1ccc2ccccc2c1N1C=NCC1)CCC3. The summed E-state index contributed by atoms with van der Waals surface area (Å²) in [5, 5.41) is 28.0. The van der Waals surface area contributed by atoms with Crippen molar-refractivity contribution in [3.05, 3.63) is 89.5 Å². The number of nitrogens with zero attached hydrogens (tertiary/aromatic N) is 2. The maximum atomic E-state index is 11.2. The predicted octanol–water partition coefficient (Wildman–Crippen LogP) is 6.87. The third-order valence-electron chi connectivity index (χ3n) is 7.86. The van der Waals surface area contributed by atoms with Gasteiger partial charge < -0.3 is 15.1 Å². The topological polar surface area (TPSA) is 56.1 Å². The van der Waals surface area contributed by atoms with Gasteiger partial charge in [0.2, 0.25) is 0 Å². The molecule has 4 heteroatoms. The summed E-state index contributed by atoms with van der Waals surface area (Å²) in [6.07, 6.45) is 4.95. The van der Waals surface area contributed by atoms with Gasteiger partial charge >= 0.3 is 0 Å². The lowest BCUT2D eigenvalue weighted by molar-refractivity contribution is 0.412. The van der Waals surface area contributed by atoms with Crippen LogP contribution in [0.3, 0.4) is 0 Å². The number of benzene rings is 5. The van der Waals surface area contributed by atoms with Crippen molar-refractivity contribution in [3.8, 4) is 11.5 Å². The lowest BCUT2D eigenvalue weighted by Gasteiger charge is -2.31. The molecule has 0 aromatic heterocycles. The smallest absolute Gasteiger partial charge is 0.166 e. The average molecular weight is 459 g/mol. The highest BCUT2D eigenvalue weighted by Gasteiger charge is 2.29. The van der Waals surface area contributed by atoms with Gasteiger partial charge in [-0.05, 0) is 52.1 Å². The monoisotopic (exact) mass is 458 g/mol. The third-order valence-corrected chi connectivity index (χ3v) is 7.86. The molecule has 0 fully saturated rings. The highest BCUT2D eigenvalue weighted by atomic mass is 16.3. The zero-order valence-electron chi connectivity index (χ0n) is 19.4. The number of rotatable bonds is 2. The van der Waals surface area contributed by atoms with Crippen molar-refractivity contribution < 1.29 is 10.2 Å². The Morgan fingerprint density at radius 3 is 2.34 bits per heavy atom. The Morgan fingerprint density at radius 2 is 1.51 bits per heavy atom. The highest BCUT2D eigenvalue weighted by molar-refractivity contribution is 6.15. The first-order valence-electron chi connectivity index (χ1n) is 12.4. The first kappa shape index (κ1) is 20.3. The molecule has 0 spiro atoms. The van der Waals surface area contributed by atoms with Crippen molar-refractivity contribution in [2.45, 2.75) is 25.2 Å². The molecular formula is C31H26N2O2. The molecule has 0 bridgehead atoms. The Balaban J connectivity index is 1.50. The number of anilines is 1. The first-order chi connectivity index (χ1) is 17.2. The van der Waals surface area contributed by atoms with E-state index < -0.39 is 0 Å². The summed E-state index contributed by atoms with van der Waals surface area (Å²) in [6.45, 7) is 1.70. The number of aryl methyl sites for hydroxylation is 1. The van der Waals surface area contributed by atoms with Crippen LogP contribution in [0.2, 0.25) is 0 Å². The maximum Gasteiger partial charge on any atom is 0.166 e. The fourth-order valence-corrected chi connectivity index (χ4v) is 6.31. The molecule has 0 saturated heterocycles. The van der Waals surface area contributed by atoms with Crippen molar-refractivity contribution in [2.75, 3.05) is 18.0 Å². The summed E-state index contributed by atoms with van der Waals surface area (Å²) in [5.41, 5.74) is 4.96. The van der Waals surface area contributed by atoms with E-state index in [-0.39, 0.29) is 17.4 Å². The predicted molar refractivity (Wildman–Crippen MR) is 144 cm³/mol. The fourth-order valence-electron chi connectivity index (χ4n) is 6.31. The number of phenolic OH excluding ortho intramolecular Hbond substituents is 2. The molecule has 1 heterocycles. The molecule has 172 valence electrons. The molecule has 1 aliphatic carbocycles. The van der Waals surface area contributed by atoms with Crippen LogP contribution >= 0.6 is 0 Å². The van der Waals surface area contributed by atoms with Gasteiger partial charge in [-0.15, -0.1) is 0 Å². The number of hydrogen-bond acceptors (Lipinski definition) is 4. The van der Waals surface area contributed by atoms with E-state index in [1.807, 2.05) is 30.6 Å². The standard InChI is InChI=1S/C31H26N2O2/c34-30-27-9-4-3-8-22(27)25-15-14-23-21(10-5-11-24(23)28(25)31(30)35)26-13-12-19-6-1-2-7-20(19)29(26)33-17-16-32-18-33/h1-4,6-9,12-15,18,21,34-35H,5,10-11,16-17H2. The average Bonchev–Trinajstić information content (AvgIpc) is 3.45.